The summed E-state index contributed by atoms with van der Waals surface area (Å²) < 4.78 is 21.1. The zero-order valence-electron chi connectivity index (χ0n) is 20.9. The molecule has 0 saturated heterocycles. The molecule has 8 heteroatoms. The van der Waals surface area contributed by atoms with Crippen LogP contribution in [0.4, 0.5) is 10.1 Å². The Balaban J connectivity index is 0.000000784. The van der Waals surface area contributed by atoms with Gasteiger partial charge in [0.05, 0.1) is 19.3 Å². The minimum atomic E-state index is -0.378. The van der Waals surface area contributed by atoms with Gasteiger partial charge in [0.1, 0.15) is 12.4 Å². The number of allylic oxidation sites excluding steroid dienone is 3. The lowest BCUT2D eigenvalue weighted by Gasteiger charge is -2.33. The van der Waals surface area contributed by atoms with Gasteiger partial charge in [0, 0.05) is 36.5 Å². The van der Waals surface area contributed by atoms with Crippen LogP contribution >= 0.6 is 11.6 Å². The highest BCUT2D eigenvalue weighted by molar-refractivity contribution is 6.30. The van der Waals surface area contributed by atoms with E-state index in [0.29, 0.717) is 23.9 Å². The number of hydrogen-bond acceptors (Lipinski definition) is 5. The molecule has 2 N–H and O–H groups in total. The number of carbonyl (C=O) groups excluding carboxylic acids is 1. The van der Waals surface area contributed by atoms with Crippen molar-refractivity contribution in [2.75, 3.05) is 59.9 Å². The first kappa shape index (κ1) is 28.6. The summed E-state index contributed by atoms with van der Waals surface area (Å²) >= 11 is 6.19. The fourth-order valence-corrected chi connectivity index (χ4v) is 3.97. The third kappa shape index (κ3) is 9.51. The molecule has 0 aromatic heterocycles. The van der Waals surface area contributed by atoms with Gasteiger partial charge >= 0.3 is 0 Å². The number of amides is 1. The van der Waals surface area contributed by atoms with Gasteiger partial charge < -0.3 is 25.0 Å². The van der Waals surface area contributed by atoms with Crippen molar-refractivity contribution in [2.45, 2.75) is 25.3 Å². The van der Waals surface area contributed by atoms with Crippen molar-refractivity contribution in [1.29, 1.82) is 0 Å². The van der Waals surface area contributed by atoms with Crippen molar-refractivity contribution in [3.8, 4) is 0 Å². The van der Waals surface area contributed by atoms with E-state index in [1.165, 1.54) is 7.11 Å². The number of ether oxygens (including phenoxy) is 2. The van der Waals surface area contributed by atoms with Gasteiger partial charge in [-0.1, -0.05) is 29.8 Å². The van der Waals surface area contributed by atoms with Crippen LogP contribution in [0.1, 0.15) is 24.8 Å². The molecule has 1 aromatic rings. The summed E-state index contributed by atoms with van der Waals surface area (Å²) in [7, 11) is 5.59. The fraction of sp³-hybridized carbons (Fsp3) is 0.444. The number of anilines is 1. The summed E-state index contributed by atoms with van der Waals surface area (Å²) in [6, 6.07) is 5.38. The van der Waals surface area contributed by atoms with Crippen molar-refractivity contribution < 1.29 is 18.7 Å². The first-order valence-corrected chi connectivity index (χ1v) is 12.1. The molecular weight excluding hydrogens is 469 g/mol. The molecule has 35 heavy (non-hydrogen) atoms. The van der Waals surface area contributed by atoms with E-state index < -0.39 is 0 Å². The topological polar surface area (TPSA) is 68.0 Å². The Morgan fingerprint density at radius 2 is 2.06 bits per heavy atom. The number of nitrogen functional groups attached to an aromatic ring is 1. The zero-order valence-corrected chi connectivity index (χ0v) is 21.6. The molecule has 1 unspecified atom stereocenters. The lowest BCUT2D eigenvalue weighted by molar-refractivity contribution is -0.118. The van der Waals surface area contributed by atoms with E-state index in [2.05, 4.69) is 42.0 Å². The Bertz CT molecular complexity index is 942. The number of nitrogens with two attached hydrogens (primary N) is 1. The second kappa shape index (κ2) is 15.4. The van der Waals surface area contributed by atoms with Crippen LogP contribution in [0, 0.1) is 0 Å². The van der Waals surface area contributed by atoms with E-state index in [1.54, 1.807) is 6.07 Å². The lowest BCUT2D eigenvalue weighted by Crippen LogP contribution is -2.37. The predicted molar refractivity (Wildman–Crippen MR) is 142 cm³/mol. The van der Waals surface area contributed by atoms with Crippen LogP contribution in [0.5, 0.6) is 0 Å². The van der Waals surface area contributed by atoms with Crippen LogP contribution < -0.4 is 5.73 Å². The van der Waals surface area contributed by atoms with Gasteiger partial charge in [-0.15, -0.1) is 0 Å². The van der Waals surface area contributed by atoms with Gasteiger partial charge in [0.2, 0.25) is 6.41 Å². The molecule has 1 heterocycles. The number of nitrogens with zero attached hydrogens (tertiary/aromatic N) is 2. The van der Waals surface area contributed by atoms with Crippen molar-refractivity contribution >= 4 is 29.3 Å². The van der Waals surface area contributed by atoms with Gasteiger partial charge in [-0.2, -0.15) is 0 Å². The maximum Gasteiger partial charge on any atom is 0.210 e. The Morgan fingerprint density at radius 3 is 2.71 bits per heavy atom. The fourth-order valence-electron chi connectivity index (χ4n) is 3.80. The van der Waals surface area contributed by atoms with Crippen molar-refractivity contribution in [3.05, 3.63) is 70.5 Å². The Labute approximate surface area is 213 Å². The molecular formula is C27H37ClFN3O3. The second-order valence-corrected chi connectivity index (χ2v) is 8.96. The zero-order chi connectivity index (χ0) is 25.6. The largest absolute Gasteiger partial charge is 0.494 e. The second-order valence-electron chi connectivity index (χ2n) is 8.53. The van der Waals surface area contributed by atoms with Crippen LogP contribution in [0.15, 0.2) is 59.9 Å². The number of rotatable bonds is 10. The number of methoxy groups -OCH3 is 1. The van der Waals surface area contributed by atoms with Gasteiger partial charge in [-0.05, 0) is 74.9 Å². The normalized spacial score (nSPS) is 17.6. The molecule has 0 spiro atoms. The predicted octanol–water partition coefficient (Wildman–Crippen LogP) is 4.88. The molecule has 1 aliphatic carbocycles. The Morgan fingerprint density at radius 1 is 1.26 bits per heavy atom. The highest BCUT2D eigenvalue weighted by Crippen LogP contribution is 2.33. The summed E-state index contributed by atoms with van der Waals surface area (Å²) in [6.45, 7) is 2.16. The monoisotopic (exact) mass is 505 g/mol. The van der Waals surface area contributed by atoms with E-state index in [9.17, 15) is 9.18 Å². The summed E-state index contributed by atoms with van der Waals surface area (Å²) in [6.07, 6.45) is 13.8. The molecule has 0 fully saturated rings. The third-order valence-electron chi connectivity index (χ3n) is 5.61. The Hall–Kier alpha value is -2.61. The minimum absolute atomic E-state index is 0.137. The molecule has 2 aliphatic rings. The molecule has 1 aromatic carbocycles. The van der Waals surface area contributed by atoms with Gasteiger partial charge in [0.15, 0.2) is 0 Å². The number of hydrogen-bond donors (Lipinski definition) is 1. The molecule has 0 saturated carbocycles. The van der Waals surface area contributed by atoms with E-state index >= 15 is 0 Å². The molecule has 0 radical (unpaired) electrons. The van der Waals surface area contributed by atoms with Crippen molar-refractivity contribution in [1.82, 2.24) is 9.80 Å². The molecule has 0 bridgehead atoms. The summed E-state index contributed by atoms with van der Waals surface area (Å²) in [5, 5.41) is 0.656. The highest BCUT2D eigenvalue weighted by Gasteiger charge is 2.24. The van der Waals surface area contributed by atoms with Crippen LogP contribution in [0.25, 0.3) is 5.57 Å². The van der Waals surface area contributed by atoms with Crippen LogP contribution in [-0.4, -0.2) is 76.4 Å². The number of halogens is 2. The first-order valence-electron chi connectivity index (χ1n) is 11.8. The maximum atomic E-state index is 11.7. The van der Waals surface area contributed by atoms with E-state index in [4.69, 9.17) is 22.1 Å². The smallest absolute Gasteiger partial charge is 0.210 e. The highest BCUT2D eigenvalue weighted by atomic mass is 35.5. The summed E-state index contributed by atoms with van der Waals surface area (Å²) in [5.41, 5.74) is 10.0. The standard InChI is InChI=1S/C24H30ClN3O2.C3H7FO/c1-27(2)12-4-14-30-21-6-3-5-18(7-9-21)24-15-19(11-13-28(24)17-29)22-16-20(25)8-10-23(22)26;1-5-3-2-4/h5-10,15-17,24H,3-4,11-14,26H2,1-2H3;2-3H2,1H3. The molecule has 192 valence electrons. The van der Waals surface area contributed by atoms with Crippen LogP contribution in [0.3, 0.4) is 0 Å². The number of carbonyl (C=O) groups is 1. The average Bonchev–Trinajstić information content (AvgIpc) is 3.09. The maximum absolute atomic E-state index is 11.7. The van der Waals surface area contributed by atoms with Crippen LogP contribution in [0.2, 0.25) is 5.02 Å². The average molecular weight is 506 g/mol. The summed E-state index contributed by atoms with van der Waals surface area (Å²) in [5.74, 6) is 0.872. The lowest BCUT2D eigenvalue weighted by atomic mass is 9.91. The van der Waals surface area contributed by atoms with E-state index in [1.807, 2.05) is 29.2 Å². The van der Waals surface area contributed by atoms with E-state index in [0.717, 1.165) is 54.7 Å². The SMILES string of the molecule is CN(C)CCCOC1=CCC=C(C2C=C(c3cc(Cl)ccc3N)CCN2C=O)C=C1.COCCF. The van der Waals surface area contributed by atoms with Crippen LogP contribution in [-0.2, 0) is 14.3 Å². The number of alkyl halides is 1. The third-order valence-corrected chi connectivity index (χ3v) is 5.84. The number of benzene rings is 1. The summed E-state index contributed by atoms with van der Waals surface area (Å²) in [4.78, 5) is 15.7. The van der Waals surface area contributed by atoms with Gasteiger partial charge in [-0.25, -0.2) is 4.39 Å². The quantitative estimate of drug-likeness (QED) is 0.279. The van der Waals surface area contributed by atoms with Crippen molar-refractivity contribution in [3.63, 3.8) is 0 Å². The minimum Gasteiger partial charge on any atom is -0.494 e. The molecule has 3 rings (SSSR count). The molecule has 6 nitrogen and oxygen atoms in total. The van der Waals surface area contributed by atoms with Gasteiger partial charge in [0.25, 0.3) is 0 Å². The van der Waals surface area contributed by atoms with Gasteiger partial charge in [-0.3, -0.25) is 4.79 Å². The van der Waals surface area contributed by atoms with Crippen molar-refractivity contribution in [2.24, 2.45) is 0 Å². The van der Waals surface area contributed by atoms with E-state index in [-0.39, 0.29) is 19.3 Å². The first-order chi connectivity index (χ1) is 16.9. The Kier molecular flexibility index (Phi) is 12.6. The molecule has 1 aliphatic heterocycles. The molecule has 1 atom stereocenters. The molecule has 1 amide bonds.